The third-order valence-electron chi connectivity index (χ3n) is 2.70. The van der Waals surface area contributed by atoms with Crippen molar-refractivity contribution in [2.45, 2.75) is 24.3 Å². The van der Waals surface area contributed by atoms with Gasteiger partial charge in [0.05, 0.1) is 12.1 Å². The van der Waals surface area contributed by atoms with E-state index in [9.17, 15) is 4.79 Å². The molecule has 0 N–H and O–H groups in total. The summed E-state index contributed by atoms with van der Waals surface area (Å²) < 4.78 is 5.28. The number of halogens is 1. The second-order valence-corrected chi connectivity index (χ2v) is 5.69. The van der Waals surface area contributed by atoms with Crippen LogP contribution in [0.2, 0.25) is 5.02 Å². The molecule has 2 rings (SSSR count). The first kappa shape index (κ1) is 11.8. The van der Waals surface area contributed by atoms with Gasteiger partial charge in [-0.2, -0.15) is 11.8 Å². The Kier molecular flexibility index (Phi) is 3.45. The molecule has 1 aromatic carbocycles. The van der Waals surface area contributed by atoms with Crippen LogP contribution in [0.3, 0.4) is 0 Å². The Hall–Kier alpha value is -0.670. The van der Waals surface area contributed by atoms with E-state index in [1.165, 1.54) is 0 Å². The maximum atomic E-state index is 12.1. The van der Waals surface area contributed by atoms with Gasteiger partial charge in [-0.15, -0.1) is 0 Å². The normalized spacial score (nSPS) is 20.2. The number of ether oxygens (including phenoxy) is 1. The molecule has 16 heavy (non-hydrogen) atoms. The molecule has 0 saturated carbocycles. The van der Waals surface area contributed by atoms with Crippen molar-refractivity contribution in [2.75, 3.05) is 7.11 Å². The molecule has 0 radical (unpaired) electrons. The average Bonchev–Trinajstić information content (AvgIpc) is 2.39. The molecule has 0 amide bonds. The SMILES string of the molecule is COc1ccc(Cl)c2c1CSC(C)CC2=O. The summed E-state index contributed by atoms with van der Waals surface area (Å²) in [5.41, 5.74) is 1.59. The van der Waals surface area contributed by atoms with E-state index < -0.39 is 0 Å². The molecule has 1 unspecified atom stereocenters. The first-order valence-electron chi connectivity index (χ1n) is 5.13. The number of benzene rings is 1. The van der Waals surface area contributed by atoms with Crippen LogP contribution in [0, 0.1) is 0 Å². The lowest BCUT2D eigenvalue weighted by Gasteiger charge is -2.11. The molecule has 1 heterocycles. The quantitative estimate of drug-likeness (QED) is 0.769. The Labute approximate surface area is 104 Å². The predicted octanol–water partition coefficient (Wildman–Crippen LogP) is 3.56. The summed E-state index contributed by atoms with van der Waals surface area (Å²) in [5.74, 6) is 1.66. The molecule has 0 saturated heterocycles. The second kappa shape index (κ2) is 4.68. The number of rotatable bonds is 1. The van der Waals surface area contributed by atoms with Crippen molar-refractivity contribution in [2.24, 2.45) is 0 Å². The number of thioether (sulfide) groups is 1. The largest absolute Gasteiger partial charge is 0.496 e. The van der Waals surface area contributed by atoms with E-state index in [4.69, 9.17) is 16.3 Å². The van der Waals surface area contributed by atoms with Crippen LogP contribution in [0.1, 0.15) is 29.3 Å². The first-order valence-corrected chi connectivity index (χ1v) is 6.56. The van der Waals surface area contributed by atoms with Crippen LogP contribution in [0.4, 0.5) is 0 Å². The number of fused-ring (bicyclic) bond motifs is 1. The van der Waals surface area contributed by atoms with Gasteiger partial charge in [-0.3, -0.25) is 4.79 Å². The zero-order valence-electron chi connectivity index (χ0n) is 9.25. The van der Waals surface area contributed by atoms with Crippen molar-refractivity contribution in [1.29, 1.82) is 0 Å². The van der Waals surface area contributed by atoms with E-state index in [-0.39, 0.29) is 5.78 Å². The lowest BCUT2D eigenvalue weighted by molar-refractivity contribution is 0.0983. The predicted molar refractivity (Wildman–Crippen MR) is 67.7 cm³/mol. The number of carbonyl (C=O) groups is 1. The fourth-order valence-electron chi connectivity index (χ4n) is 1.88. The summed E-state index contributed by atoms with van der Waals surface area (Å²) >= 11 is 7.86. The molecular weight excluding hydrogens is 244 g/mol. The van der Waals surface area contributed by atoms with Crippen LogP contribution in [0.25, 0.3) is 0 Å². The van der Waals surface area contributed by atoms with Crippen molar-refractivity contribution < 1.29 is 9.53 Å². The van der Waals surface area contributed by atoms with Crippen molar-refractivity contribution >= 4 is 29.1 Å². The molecule has 0 spiro atoms. The molecule has 1 aromatic rings. The molecule has 0 bridgehead atoms. The fraction of sp³-hybridized carbons (Fsp3) is 0.417. The van der Waals surface area contributed by atoms with Gasteiger partial charge in [0.2, 0.25) is 0 Å². The Bertz CT molecular complexity index is 431. The first-order chi connectivity index (χ1) is 7.63. The van der Waals surface area contributed by atoms with Gasteiger partial charge in [0.1, 0.15) is 5.75 Å². The molecule has 2 nitrogen and oxygen atoms in total. The van der Waals surface area contributed by atoms with E-state index in [1.807, 2.05) is 6.07 Å². The molecule has 1 atom stereocenters. The monoisotopic (exact) mass is 256 g/mol. The molecule has 0 fully saturated rings. The van der Waals surface area contributed by atoms with Crippen LogP contribution in [-0.4, -0.2) is 18.1 Å². The Morgan fingerprint density at radius 2 is 2.25 bits per heavy atom. The Morgan fingerprint density at radius 1 is 1.50 bits per heavy atom. The van der Waals surface area contributed by atoms with Crippen LogP contribution in [0.5, 0.6) is 5.75 Å². The summed E-state index contributed by atoms with van der Waals surface area (Å²) in [6.45, 7) is 2.06. The van der Waals surface area contributed by atoms with Gasteiger partial charge < -0.3 is 4.74 Å². The summed E-state index contributed by atoms with van der Waals surface area (Å²) in [4.78, 5) is 12.1. The number of hydrogen-bond acceptors (Lipinski definition) is 3. The number of ketones is 1. The standard InChI is InChI=1S/C12H13ClO2S/c1-7-5-10(14)12-8(6-16-7)11(15-2)4-3-9(12)13/h3-4,7H,5-6H2,1-2H3. The Balaban J connectivity index is 2.57. The minimum atomic E-state index is 0.122. The van der Waals surface area contributed by atoms with Crippen molar-refractivity contribution in [3.8, 4) is 5.75 Å². The maximum absolute atomic E-state index is 12.1. The number of Topliss-reactive ketones (excluding diaryl/α,β-unsaturated/α-hetero) is 1. The zero-order valence-corrected chi connectivity index (χ0v) is 10.8. The molecule has 4 heteroatoms. The third kappa shape index (κ3) is 2.06. The lowest BCUT2D eigenvalue weighted by atomic mass is 10.0. The average molecular weight is 257 g/mol. The number of hydrogen-bond donors (Lipinski definition) is 0. The van der Waals surface area contributed by atoms with E-state index in [1.54, 1.807) is 24.9 Å². The number of carbonyl (C=O) groups excluding carboxylic acids is 1. The molecule has 86 valence electrons. The Morgan fingerprint density at radius 3 is 2.94 bits per heavy atom. The molecule has 1 aliphatic rings. The summed E-state index contributed by atoms with van der Waals surface area (Å²) in [5, 5.41) is 0.871. The van der Waals surface area contributed by atoms with Gasteiger partial charge in [0.25, 0.3) is 0 Å². The topological polar surface area (TPSA) is 26.3 Å². The van der Waals surface area contributed by atoms with Crippen LogP contribution in [-0.2, 0) is 5.75 Å². The summed E-state index contributed by atoms with van der Waals surface area (Å²) in [6, 6.07) is 3.56. The van der Waals surface area contributed by atoms with Gasteiger partial charge in [0, 0.05) is 28.6 Å². The van der Waals surface area contributed by atoms with E-state index >= 15 is 0 Å². The van der Waals surface area contributed by atoms with Gasteiger partial charge >= 0.3 is 0 Å². The third-order valence-corrected chi connectivity index (χ3v) is 4.21. The summed E-state index contributed by atoms with van der Waals surface area (Å²) in [6.07, 6.45) is 0.546. The van der Waals surface area contributed by atoms with Gasteiger partial charge in [-0.05, 0) is 12.1 Å². The zero-order chi connectivity index (χ0) is 11.7. The minimum absolute atomic E-state index is 0.122. The van der Waals surface area contributed by atoms with Gasteiger partial charge in [-0.25, -0.2) is 0 Å². The highest BCUT2D eigenvalue weighted by molar-refractivity contribution is 7.99. The summed E-state index contributed by atoms with van der Waals surface area (Å²) in [7, 11) is 1.62. The van der Waals surface area contributed by atoms with Gasteiger partial charge in [-0.1, -0.05) is 18.5 Å². The lowest BCUT2D eigenvalue weighted by Crippen LogP contribution is -2.06. The van der Waals surface area contributed by atoms with E-state index in [2.05, 4.69) is 6.92 Å². The highest BCUT2D eigenvalue weighted by Crippen LogP contribution is 2.37. The number of methoxy groups -OCH3 is 1. The van der Waals surface area contributed by atoms with Crippen molar-refractivity contribution in [1.82, 2.24) is 0 Å². The maximum Gasteiger partial charge on any atom is 0.165 e. The second-order valence-electron chi connectivity index (χ2n) is 3.85. The van der Waals surface area contributed by atoms with Crippen molar-refractivity contribution in [3.63, 3.8) is 0 Å². The molecule has 0 aromatic heterocycles. The van der Waals surface area contributed by atoms with Crippen molar-refractivity contribution in [3.05, 3.63) is 28.3 Å². The molecular formula is C12H13ClO2S. The highest BCUT2D eigenvalue weighted by atomic mass is 35.5. The van der Waals surface area contributed by atoms with E-state index in [0.717, 1.165) is 17.1 Å². The van der Waals surface area contributed by atoms with Crippen LogP contribution in [0.15, 0.2) is 12.1 Å². The molecule has 0 aliphatic carbocycles. The fourth-order valence-corrected chi connectivity index (χ4v) is 3.17. The smallest absolute Gasteiger partial charge is 0.165 e. The van der Waals surface area contributed by atoms with Crippen LogP contribution < -0.4 is 4.74 Å². The minimum Gasteiger partial charge on any atom is -0.496 e. The van der Waals surface area contributed by atoms with Gasteiger partial charge in [0.15, 0.2) is 5.78 Å². The van der Waals surface area contributed by atoms with E-state index in [0.29, 0.717) is 22.3 Å². The molecule has 1 aliphatic heterocycles. The highest BCUT2D eigenvalue weighted by Gasteiger charge is 2.25. The van der Waals surface area contributed by atoms with Crippen LogP contribution >= 0.6 is 23.4 Å².